The monoisotopic (exact) mass is 258 g/mol. The molecule has 1 fully saturated rings. The lowest BCUT2D eigenvalue weighted by Crippen LogP contribution is -2.58. The molecular weight excluding hydrogens is 245 g/mol. The van der Waals surface area contributed by atoms with Gasteiger partial charge in [0.2, 0.25) is 0 Å². The van der Waals surface area contributed by atoms with Gasteiger partial charge in [0.25, 0.3) is 5.91 Å². The zero-order valence-electron chi connectivity index (χ0n) is 9.84. The zero-order chi connectivity index (χ0) is 13.3. The molecule has 0 unspecified atom stereocenters. The highest BCUT2D eigenvalue weighted by molar-refractivity contribution is 5.94. The molecule has 1 aromatic rings. The lowest BCUT2D eigenvalue weighted by molar-refractivity contribution is 0.0624. The Labute approximate surface area is 103 Å². The Bertz CT molecular complexity index is 475. The maximum Gasteiger partial charge on any atom is 0.257 e. The molecule has 0 aliphatic carbocycles. The molecule has 1 N–H and O–H groups in total. The van der Waals surface area contributed by atoms with Crippen LogP contribution in [0.1, 0.15) is 17.3 Å². The zero-order valence-corrected chi connectivity index (χ0v) is 9.84. The van der Waals surface area contributed by atoms with E-state index >= 15 is 0 Å². The van der Waals surface area contributed by atoms with Crippen LogP contribution in [-0.2, 0) is 0 Å². The maximum atomic E-state index is 13.5. The molecule has 3 nitrogen and oxygen atoms in total. The van der Waals surface area contributed by atoms with Gasteiger partial charge in [-0.2, -0.15) is 0 Å². The largest absolute Gasteiger partial charge is 0.333 e. The van der Waals surface area contributed by atoms with Crippen LogP contribution in [0, 0.1) is 17.5 Å². The summed E-state index contributed by atoms with van der Waals surface area (Å²) >= 11 is 0. The maximum absolute atomic E-state index is 13.5. The average Bonchev–Trinajstić information content (AvgIpc) is 2.30. The molecule has 1 aromatic carbocycles. The van der Waals surface area contributed by atoms with Gasteiger partial charge in [-0.3, -0.25) is 4.79 Å². The van der Waals surface area contributed by atoms with Crippen molar-refractivity contribution in [2.45, 2.75) is 13.0 Å². The number of likely N-dealkylation sites (N-methyl/N-ethyl adjacent to an activating group) is 1. The van der Waals surface area contributed by atoms with Crippen molar-refractivity contribution in [2.75, 3.05) is 19.6 Å². The Morgan fingerprint density at radius 3 is 2.50 bits per heavy atom. The first-order valence-electron chi connectivity index (χ1n) is 5.71. The summed E-state index contributed by atoms with van der Waals surface area (Å²) in [6, 6.07) is 1.72. The summed E-state index contributed by atoms with van der Waals surface area (Å²) in [5.74, 6) is -4.94. The lowest BCUT2D eigenvalue weighted by atomic mass is 10.1. The molecule has 0 atom stereocenters. The van der Waals surface area contributed by atoms with Gasteiger partial charge in [0.05, 0.1) is 11.6 Å². The van der Waals surface area contributed by atoms with Crippen molar-refractivity contribution in [3.05, 3.63) is 35.1 Å². The molecule has 0 aromatic heterocycles. The third-order valence-electron chi connectivity index (χ3n) is 3.07. The second-order valence-corrected chi connectivity index (χ2v) is 4.13. The van der Waals surface area contributed by atoms with Gasteiger partial charge in [-0.05, 0) is 19.1 Å². The smallest absolute Gasteiger partial charge is 0.257 e. The van der Waals surface area contributed by atoms with E-state index in [-0.39, 0.29) is 6.04 Å². The Kier molecular flexibility index (Phi) is 3.56. The molecule has 2 rings (SSSR count). The fourth-order valence-electron chi connectivity index (χ4n) is 1.91. The normalized spacial score (nSPS) is 15.3. The average molecular weight is 258 g/mol. The van der Waals surface area contributed by atoms with E-state index < -0.39 is 28.9 Å². The highest BCUT2D eigenvalue weighted by Crippen LogP contribution is 2.18. The minimum Gasteiger partial charge on any atom is -0.333 e. The van der Waals surface area contributed by atoms with Gasteiger partial charge in [-0.1, -0.05) is 0 Å². The number of halogens is 3. The molecular formula is C12H13F3N2O. The lowest BCUT2D eigenvalue weighted by Gasteiger charge is -2.37. The van der Waals surface area contributed by atoms with E-state index in [4.69, 9.17) is 0 Å². The summed E-state index contributed by atoms with van der Waals surface area (Å²) in [4.78, 5) is 13.5. The Morgan fingerprint density at radius 2 is 2.00 bits per heavy atom. The highest BCUT2D eigenvalue weighted by Gasteiger charge is 2.30. The molecule has 1 amide bonds. The first kappa shape index (κ1) is 12.9. The number of amides is 1. The minimum atomic E-state index is -1.61. The van der Waals surface area contributed by atoms with Crippen LogP contribution >= 0.6 is 0 Å². The number of hydrogen-bond donors (Lipinski definition) is 1. The third kappa shape index (κ3) is 2.08. The van der Waals surface area contributed by atoms with Crippen LogP contribution in [0.4, 0.5) is 13.2 Å². The standard InChI is InChI=1S/C12H13F3N2O/c1-2-17(7-5-16-6-7)12(18)8-3-4-9(13)11(15)10(8)14/h3-4,7,16H,2,5-6H2,1H3. The number of hydrogen-bond acceptors (Lipinski definition) is 2. The van der Waals surface area contributed by atoms with Crippen molar-refractivity contribution < 1.29 is 18.0 Å². The van der Waals surface area contributed by atoms with Crippen molar-refractivity contribution in [3.63, 3.8) is 0 Å². The summed E-state index contributed by atoms with van der Waals surface area (Å²) in [6.45, 7) is 3.41. The van der Waals surface area contributed by atoms with Crippen molar-refractivity contribution in [1.82, 2.24) is 10.2 Å². The van der Waals surface area contributed by atoms with Gasteiger partial charge in [0.15, 0.2) is 17.5 Å². The fourth-order valence-corrected chi connectivity index (χ4v) is 1.91. The quantitative estimate of drug-likeness (QED) is 0.834. The van der Waals surface area contributed by atoms with Crippen molar-refractivity contribution in [3.8, 4) is 0 Å². The summed E-state index contributed by atoms with van der Waals surface area (Å²) in [7, 11) is 0. The predicted molar refractivity (Wildman–Crippen MR) is 59.7 cm³/mol. The molecule has 0 radical (unpaired) electrons. The van der Waals surface area contributed by atoms with Crippen molar-refractivity contribution in [1.29, 1.82) is 0 Å². The van der Waals surface area contributed by atoms with Gasteiger partial charge in [0.1, 0.15) is 0 Å². The number of rotatable bonds is 3. The molecule has 0 bridgehead atoms. The van der Waals surface area contributed by atoms with Gasteiger partial charge < -0.3 is 10.2 Å². The second-order valence-electron chi connectivity index (χ2n) is 4.13. The predicted octanol–water partition coefficient (Wildman–Crippen LogP) is 1.54. The second kappa shape index (κ2) is 4.97. The third-order valence-corrected chi connectivity index (χ3v) is 3.07. The van der Waals surface area contributed by atoms with E-state index in [9.17, 15) is 18.0 Å². The summed E-state index contributed by atoms with van der Waals surface area (Å²) in [5.41, 5.74) is -0.428. The van der Waals surface area contributed by atoms with Crippen LogP contribution in [-0.4, -0.2) is 36.5 Å². The summed E-state index contributed by atoms with van der Waals surface area (Å²) < 4.78 is 39.4. The summed E-state index contributed by atoms with van der Waals surface area (Å²) in [5, 5.41) is 3.00. The summed E-state index contributed by atoms with van der Waals surface area (Å²) in [6.07, 6.45) is 0. The van der Waals surface area contributed by atoms with Gasteiger partial charge in [-0.25, -0.2) is 13.2 Å². The highest BCUT2D eigenvalue weighted by atomic mass is 19.2. The Balaban J connectivity index is 2.30. The first-order chi connectivity index (χ1) is 8.56. The van der Waals surface area contributed by atoms with Crippen LogP contribution < -0.4 is 5.32 Å². The molecule has 1 saturated heterocycles. The van der Waals surface area contributed by atoms with Crippen LogP contribution in [0.2, 0.25) is 0 Å². The topological polar surface area (TPSA) is 32.3 Å². The Hall–Kier alpha value is -1.56. The van der Waals surface area contributed by atoms with E-state index in [0.29, 0.717) is 19.6 Å². The van der Waals surface area contributed by atoms with Gasteiger partial charge >= 0.3 is 0 Å². The number of carbonyl (C=O) groups is 1. The van der Waals surface area contributed by atoms with E-state index in [1.165, 1.54) is 4.90 Å². The minimum absolute atomic E-state index is 0.0185. The molecule has 0 spiro atoms. The fraction of sp³-hybridized carbons (Fsp3) is 0.417. The van der Waals surface area contributed by atoms with Crippen molar-refractivity contribution >= 4 is 5.91 Å². The SMILES string of the molecule is CCN(C(=O)c1ccc(F)c(F)c1F)C1CNC1. The van der Waals surface area contributed by atoms with Gasteiger partial charge in [-0.15, -0.1) is 0 Å². The van der Waals surface area contributed by atoms with E-state index in [2.05, 4.69) is 5.32 Å². The molecule has 1 heterocycles. The number of benzene rings is 1. The molecule has 0 saturated carbocycles. The van der Waals surface area contributed by atoms with Crippen molar-refractivity contribution in [2.24, 2.45) is 0 Å². The van der Waals surface area contributed by atoms with Crippen LogP contribution in [0.15, 0.2) is 12.1 Å². The number of nitrogens with one attached hydrogen (secondary N) is 1. The van der Waals surface area contributed by atoms with Gasteiger partial charge in [0, 0.05) is 19.6 Å². The van der Waals surface area contributed by atoms with E-state index in [1.54, 1.807) is 6.92 Å². The molecule has 6 heteroatoms. The molecule has 1 aliphatic rings. The van der Waals surface area contributed by atoms with Crippen LogP contribution in [0.25, 0.3) is 0 Å². The first-order valence-corrected chi connectivity index (χ1v) is 5.71. The molecule has 18 heavy (non-hydrogen) atoms. The number of nitrogens with zero attached hydrogens (tertiary/aromatic N) is 1. The Morgan fingerprint density at radius 1 is 1.33 bits per heavy atom. The van der Waals surface area contributed by atoms with Crippen LogP contribution in [0.5, 0.6) is 0 Å². The van der Waals surface area contributed by atoms with E-state index in [0.717, 1.165) is 12.1 Å². The van der Waals surface area contributed by atoms with Crippen LogP contribution in [0.3, 0.4) is 0 Å². The number of carbonyl (C=O) groups excluding carboxylic acids is 1. The molecule has 1 aliphatic heterocycles. The van der Waals surface area contributed by atoms with E-state index in [1.807, 2.05) is 0 Å². The molecule has 98 valence electrons.